The first kappa shape index (κ1) is 14.4. The maximum Gasteiger partial charge on any atom is 0.222 e. The minimum absolute atomic E-state index is 0.306. The predicted molar refractivity (Wildman–Crippen MR) is 85.5 cm³/mol. The summed E-state index contributed by atoms with van der Waals surface area (Å²) < 4.78 is 0. The molecule has 0 aromatic heterocycles. The summed E-state index contributed by atoms with van der Waals surface area (Å²) in [5.74, 6) is 0.955. The van der Waals surface area contributed by atoms with Crippen molar-refractivity contribution in [3.63, 3.8) is 0 Å². The fourth-order valence-corrected chi connectivity index (χ4v) is 3.44. The van der Waals surface area contributed by atoms with Gasteiger partial charge in [0.1, 0.15) is 0 Å². The third-order valence-electron chi connectivity index (χ3n) is 4.73. The van der Waals surface area contributed by atoms with Gasteiger partial charge in [0, 0.05) is 58.4 Å². The molecule has 2 saturated heterocycles. The normalized spacial score (nSPS) is 24.4. The van der Waals surface area contributed by atoms with Gasteiger partial charge in [0.25, 0.3) is 0 Å². The molecular weight excluding hydrogens is 262 g/mol. The van der Waals surface area contributed by atoms with Crippen molar-refractivity contribution in [2.75, 3.05) is 51.2 Å². The van der Waals surface area contributed by atoms with E-state index in [-0.39, 0.29) is 0 Å². The lowest BCUT2D eigenvalue weighted by molar-refractivity contribution is -0.133. The second-order valence-electron chi connectivity index (χ2n) is 6.30. The molecule has 2 aliphatic rings. The Morgan fingerprint density at radius 1 is 1.10 bits per heavy atom. The Kier molecular flexibility index (Phi) is 4.44. The highest BCUT2D eigenvalue weighted by atomic mass is 16.2. The Labute approximate surface area is 127 Å². The number of anilines is 1. The smallest absolute Gasteiger partial charge is 0.222 e. The second-order valence-corrected chi connectivity index (χ2v) is 6.30. The molecule has 0 N–H and O–H groups in total. The third kappa shape index (κ3) is 3.56. The molecule has 1 aromatic rings. The number of amides is 1. The van der Waals surface area contributed by atoms with Gasteiger partial charge in [0.2, 0.25) is 5.91 Å². The van der Waals surface area contributed by atoms with Crippen LogP contribution in [0.15, 0.2) is 30.3 Å². The number of rotatable bonds is 3. The van der Waals surface area contributed by atoms with Gasteiger partial charge >= 0.3 is 0 Å². The zero-order chi connectivity index (χ0) is 14.7. The molecule has 1 amide bonds. The zero-order valence-corrected chi connectivity index (χ0v) is 12.9. The summed E-state index contributed by atoms with van der Waals surface area (Å²) >= 11 is 0. The van der Waals surface area contributed by atoms with E-state index in [4.69, 9.17) is 0 Å². The second kappa shape index (κ2) is 6.48. The minimum Gasteiger partial charge on any atom is -0.369 e. The summed E-state index contributed by atoms with van der Waals surface area (Å²) in [4.78, 5) is 18.5. The minimum atomic E-state index is 0.306. The van der Waals surface area contributed by atoms with E-state index in [1.807, 2.05) is 11.9 Å². The van der Waals surface area contributed by atoms with Crippen molar-refractivity contribution < 1.29 is 4.79 Å². The van der Waals surface area contributed by atoms with Crippen LogP contribution in [0.2, 0.25) is 0 Å². The van der Waals surface area contributed by atoms with Crippen LogP contribution in [-0.2, 0) is 4.79 Å². The summed E-state index contributed by atoms with van der Waals surface area (Å²) in [6.07, 6.45) is 1.78. The topological polar surface area (TPSA) is 26.8 Å². The number of carbonyl (C=O) groups excluding carboxylic acids is 1. The maximum absolute atomic E-state index is 11.5. The van der Waals surface area contributed by atoms with E-state index in [2.05, 4.69) is 40.1 Å². The average molecular weight is 287 g/mol. The van der Waals surface area contributed by atoms with Crippen LogP contribution in [0.5, 0.6) is 0 Å². The molecule has 4 heteroatoms. The van der Waals surface area contributed by atoms with Gasteiger partial charge in [0.15, 0.2) is 0 Å². The largest absolute Gasteiger partial charge is 0.369 e. The first-order chi connectivity index (χ1) is 10.2. The molecule has 1 unspecified atom stereocenters. The molecule has 0 aliphatic carbocycles. The molecular formula is C17H25N3O. The molecule has 2 heterocycles. The van der Waals surface area contributed by atoms with Gasteiger partial charge in [-0.25, -0.2) is 0 Å². The van der Waals surface area contributed by atoms with Crippen molar-refractivity contribution in [1.29, 1.82) is 0 Å². The van der Waals surface area contributed by atoms with Crippen LogP contribution in [0, 0.1) is 5.92 Å². The van der Waals surface area contributed by atoms with E-state index >= 15 is 0 Å². The van der Waals surface area contributed by atoms with Gasteiger partial charge in [-0.3, -0.25) is 9.69 Å². The fourth-order valence-electron chi connectivity index (χ4n) is 3.44. The number of carbonyl (C=O) groups is 1. The lowest BCUT2D eigenvalue weighted by Crippen LogP contribution is -2.49. The Hall–Kier alpha value is -1.55. The Bertz CT molecular complexity index is 468. The number of nitrogens with zero attached hydrogens (tertiary/aromatic N) is 3. The lowest BCUT2D eigenvalue weighted by atomic mass is 9.97. The van der Waals surface area contributed by atoms with Gasteiger partial charge in [-0.1, -0.05) is 18.2 Å². The number of para-hydroxylation sites is 1. The van der Waals surface area contributed by atoms with E-state index in [0.29, 0.717) is 11.8 Å². The number of piperazine rings is 1. The first-order valence-electron chi connectivity index (χ1n) is 7.98. The molecule has 1 aromatic carbocycles. The number of benzene rings is 1. The van der Waals surface area contributed by atoms with Crippen molar-refractivity contribution in [2.45, 2.75) is 12.8 Å². The monoisotopic (exact) mass is 287 g/mol. The molecule has 0 spiro atoms. The molecule has 0 bridgehead atoms. The first-order valence-corrected chi connectivity index (χ1v) is 7.98. The molecule has 0 saturated carbocycles. The van der Waals surface area contributed by atoms with E-state index in [1.165, 1.54) is 5.69 Å². The van der Waals surface area contributed by atoms with Crippen molar-refractivity contribution in [3.8, 4) is 0 Å². The quantitative estimate of drug-likeness (QED) is 0.846. The molecule has 114 valence electrons. The van der Waals surface area contributed by atoms with Gasteiger partial charge in [-0.05, 0) is 24.5 Å². The van der Waals surface area contributed by atoms with E-state index in [9.17, 15) is 4.79 Å². The van der Waals surface area contributed by atoms with Gasteiger partial charge in [-0.15, -0.1) is 0 Å². The van der Waals surface area contributed by atoms with Crippen LogP contribution in [-0.4, -0.2) is 62.0 Å². The molecule has 21 heavy (non-hydrogen) atoms. The molecule has 4 nitrogen and oxygen atoms in total. The SMILES string of the molecule is CN1CC(CN2CCN(c3ccccc3)CC2)CCC1=O. The van der Waals surface area contributed by atoms with Crippen LogP contribution in [0.4, 0.5) is 5.69 Å². The highest BCUT2D eigenvalue weighted by Crippen LogP contribution is 2.20. The van der Waals surface area contributed by atoms with E-state index < -0.39 is 0 Å². The predicted octanol–water partition coefficient (Wildman–Crippen LogP) is 1.68. The van der Waals surface area contributed by atoms with Crippen LogP contribution in [0.1, 0.15) is 12.8 Å². The van der Waals surface area contributed by atoms with Crippen LogP contribution in [0.25, 0.3) is 0 Å². The Balaban J connectivity index is 1.47. The van der Waals surface area contributed by atoms with Crippen LogP contribution in [0.3, 0.4) is 0 Å². The number of piperidine rings is 1. The Morgan fingerprint density at radius 3 is 2.48 bits per heavy atom. The lowest BCUT2D eigenvalue weighted by Gasteiger charge is -2.39. The summed E-state index contributed by atoms with van der Waals surface area (Å²) in [7, 11) is 1.93. The number of hydrogen-bond donors (Lipinski definition) is 0. The summed E-state index contributed by atoms with van der Waals surface area (Å²) in [5, 5.41) is 0. The Morgan fingerprint density at radius 2 is 1.81 bits per heavy atom. The molecule has 2 fully saturated rings. The van der Waals surface area contributed by atoms with Crippen molar-refractivity contribution in [1.82, 2.24) is 9.80 Å². The van der Waals surface area contributed by atoms with Gasteiger partial charge < -0.3 is 9.80 Å². The maximum atomic E-state index is 11.5. The van der Waals surface area contributed by atoms with Crippen molar-refractivity contribution in [3.05, 3.63) is 30.3 Å². The highest BCUT2D eigenvalue weighted by molar-refractivity contribution is 5.76. The molecule has 0 radical (unpaired) electrons. The standard InChI is InChI=1S/C17H25N3O/c1-18-13-15(7-8-17(18)21)14-19-9-11-20(12-10-19)16-5-3-2-4-6-16/h2-6,15H,7-14H2,1H3. The summed E-state index contributed by atoms with van der Waals surface area (Å²) in [5.41, 5.74) is 1.33. The molecule has 3 rings (SSSR count). The van der Waals surface area contributed by atoms with E-state index in [0.717, 1.165) is 52.1 Å². The van der Waals surface area contributed by atoms with Crippen molar-refractivity contribution in [2.24, 2.45) is 5.92 Å². The highest BCUT2D eigenvalue weighted by Gasteiger charge is 2.26. The summed E-state index contributed by atoms with van der Waals surface area (Å²) in [6.45, 7) is 6.53. The van der Waals surface area contributed by atoms with Gasteiger partial charge in [0.05, 0.1) is 0 Å². The fraction of sp³-hybridized carbons (Fsp3) is 0.588. The zero-order valence-electron chi connectivity index (χ0n) is 12.9. The molecule has 1 atom stereocenters. The van der Waals surface area contributed by atoms with Crippen LogP contribution >= 0.6 is 0 Å². The number of likely N-dealkylation sites (tertiary alicyclic amines) is 1. The third-order valence-corrected chi connectivity index (χ3v) is 4.73. The van der Waals surface area contributed by atoms with Gasteiger partial charge in [-0.2, -0.15) is 0 Å². The average Bonchev–Trinajstić information content (AvgIpc) is 2.53. The number of hydrogen-bond acceptors (Lipinski definition) is 3. The summed E-state index contributed by atoms with van der Waals surface area (Å²) in [6, 6.07) is 10.7. The van der Waals surface area contributed by atoms with Crippen molar-refractivity contribution >= 4 is 11.6 Å². The van der Waals surface area contributed by atoms with E-state index in [1.54, 1.807) is 0 Å². The van der Waals surface area contributed by atoms with Crippen LogP contribution < -0.4 is 4.90 Å². The molecule has 2 aliphatic heterocycles.